The van der Waals surface area contributed by atoms with Gasteiger partial charge in [-0.3, -0.25) is 0 Å². The van der Waals surface area contributed by atoms with E-state index in [0.29, 0.717) is 22.6 Å². The van der Waals surface area contributed by atoms with Crippen LogP contribution in [0, 0.1) is 23.0 Å². The van der Waals surface area contributed by atoms with Crippen LogP contribution in [0.5, 0.6) is 0 Å². The van der Waals surface area contributed by atoms with E-state index in [2.05, 4.69) is 5.32 Å². The van der Waals surface area contributed by atoms with Crippen LogP contribution in [0.15, 0.2) is 36.4 Å². The molecule has 0 amide bonds. The van der Waals surface area contributed by atoms with Crippen molar-refractivity contribution in [2.45, 2.75) is 0 Å². The Labute approximate surface area is 102 Å². The minimum atomic E-state index is -0.950. The van der Waals surface area contributed by atoms with Gasteiger partial charge in [0.15, 0.2) is 11.6 Å². The molecule has 3 nitrogen and oxygen atoms in total. The molecule has 0 bridgehead atoms. The lowest BCUT2D eigenvalue weighted by Crippen LogP contribution is -1.96. The third-order valence-corrected chi connectivity index (χ3v) is 2.36. The van der Waals surface area contributed by atoms with E-state index < -0.39 is 11.6 Å². The number of rotatable bonds is 2. The monoisotopic (exact) mass is 245 g/mol. The van der Waals surface area contributed by atoms with Crippen molar-refractivity contribution in [2.75, 3.05) is 11.1 Å². The highest BCUT2D eigenvalue weighted by molar-refractivity contribution is 5.69. The molecule has 2 rings (SSSR count). The maximum absolute atomic E-state index is 13.0. The minimum Gasteiger partial charge on any atom is -0.399 e. The Morgan fingerprint density at radius 3 is 2.50 bits per heavy atom. The van der Waals surface area contributed by atoms with Gasteiger partial charge >= 0.3 is 0 Å². The SMILES string of the molecule is N#Cc1cc(N)ccc1Nc1ccc(F)c(F)c1. The van der Waals surface area contributed by atoms with E-state index >= 15 is 0 Å². The van der Waals surface area contributed by atoms with E-state index in [-0.39, 0.29) is 0 Å². The molecule has 0 spiro atoms. The fourth-order valence-electron chi connectivity index (χ4n) is 1.49. The zero-order valence-corrected chi connectivity index (χ0v) is 9.24. The Morgan fingerprint density at radius 2 is 1.83 bits per heavy atom. The summed E-state index contributed by atoms with van der Waals surface area (Å²) in [6, 6.07) is 10.1. The Morgan fingerprint density at radius 1 is 1.06 bits per heavy atom. The van der Waals surface area contributed by atoms with Crippen LogP contribution in [-0.4, -0.2) is 0 Å². The molecule has 0 aromatic heterocycles. The first-order valence-corrected chi connectivity index (χ1v) is 5.12. The van der Waals surface area contributed by atoms with Crippen molar-refractivity contribution in [3.8, 4) is 6.07 Å². The molecule has 3 N–H and O–H groups in total. The number of nitriles is 1. The molecule has 90 valence electrons. The van der Waals surface area contributed by atoms with Crippen LogP contribution in [0.25, 0.3) is 0 Å². The summed E-state index contributed by atoms with van der Waals surface area (Å²) >= 11 is 0. The fourth-order valence-corrected chi connectivity index (χ4v) is 1.49. The minimum absolute atomic E-state index is 0.333. The van der Waals surface area contributed by atoms with Gasteiger partial charge in [-0.25, -0.2) is 8.78 Å². The summed E-state index contributed by atoms with van der Waals surface area (Å²) < 4.78 is 25.8. The van der Waals surface area contributed by atoms with Gasteiger partial charge in [0.25, 0.3) is 0 Å². The van der Waals surface area contributed by atoms with Crippen LogP contribution in [0.3, 0.4) is 0 Å². The molecule has 0 fully saturated rings. The van der Waals surface area contributed by atoms with Crippen LogP contribution in [0.2, 0.25) is 0 Å². The molecule has 0 aliphatic carbocycles. The van der Waals surface area contributed by atoms with E-state index in [1.807, 2.05) is 6.07 Å². The number of nitrogens with one attached hydrogen (secondary N) is 1. The van der Waals surface area contributed by atoms with E-state index in [1.165, 1.54) is 12.1 Å². The van der Waals surface area contributed by atoms with Gasteiger partial charge in [0, 0.05) is 17.4 Å². The maximum Gasteiger partial charge on any atom is 0.160 e. The second-order valence-corrected chi connectivity index (χ2v) is 3.67. The van der Waals surface area contributed by atoms with Gasteiger partial charge in [-0.2, -0.15) is 5.26 Å². The fraction of sp³-hybridized carbons (Fsp3) is 0. The number of halogens is 2. The van der Waals surface area contributed by atoms with Crippen LogP contribution < -0.4 is 11.1 Å². The van der Waals surface area contributed by atoms with Crippen molar-refractivity contribution in [2.24, 2.45) is 0 Å². The van der Waals surface area contributed by atoms with Gasteiger partial charge < -0.3 is 11.1 Å². The van der Waals surface area contributed by atoms with Crippen molar-refractivity contribution in [3.05, 3.63) is 53.6 Å². The number of nitrogens with two attached hydrogens (primary N) is 1. The third-order valence-electron chi connectivity index (χ3n) is 2.36. The summed E-state index contributed by atoms with van der Waals surface area (Å²) in [4.78, 5) is 0. The van der Waals surface area contributed by atoms with E-state index in [4.69, 9.17) is 11.0 Å². The van der Waals surface area contributed by atoms with Gasteiger partial charge in [-0.15, -0.1) is 0 Å². The first-order chi connectivity index (χ1) is 8.60. The highest BCUT2D eigenvalue weighted by Crippen LogP contribution is 2.23. The smallest absolute Gasteiger partial charge is 0.160 e. The molecule has 0 heterocycles. The molecule has 18 heavy (non-hydrogen) atoms. The summed E-state index contributed by atoms with van der Waals surface area (Å²) in [7, 11) is 0. The second kappa shape index (κ2) is 4.72. The number of nitrogen functional groups attached to an aromatic ring is 1. The van der Waals surface area contributed by atoms with E-state index in [1.54, 1.807) is 12.1 Å². The second-order valence-electron chi connectivity index (χ2n) is 3.67. The van der Waals surface area contributed by atoms with Gasteiger partial charge in [-0.05, 0) is 30.3 Å². The van der Waals surface area contributed by atoms with Crippen molar-refractivity contribution >= 4 is 17.1 Å². The number of hydrogen-bond donors (Lipinski definition) is 2. The topological polar surface area (TPSA) is 61.8 Å². The first kappa shape index (κ1) is 11.9. The maximum atomic E-state index is 13.0. The lowest BCUT2D eigenvalue weighted by molar-refractivity contribution is 0.509. The average molecular weight is 245 g/mol. The third kappa shape index (κ3) is 2.38. The van der Waals surface area contributed by atoms with Crippen molar-refractivity contribution in [1.82, 2.24) is 0 Å². The number of anilines is 3. The number of hydrogen-bond acceptors (Lipinski definition) is 3. The van der Waals surface area contributed by atoms with E-state index in [0.717, 1.165) is 12.1 Å². The quantitative estimate of drug-likeness (QED) is 0.799. The standard InChI is InChI=1S/C13H9F2N3/c14-11-3-2-10(6-12(11)15)18-13-4-1-9(17)5-8(13)7-16/h1-6,18H,17H2. The molecule has 0 atom stereocenters. The summed E-state index contributed by atoms with van der Waals surface area (Å²) in [5, 5.41) is 11.8. The normalized spacial score (nSPS) is 9.83. The van der Waals surface area contributed by atoms with Crippen LogP contribution in [-0.2, 0) is 0 Å². The molecule has 0 aliphatic rings. The zero-order valence-electron chi connectivity index (χ0n) is 9.24. The van der Waals surface area contributed by atoms with Gasteiger partial charge in [0.1, 0.15) is 6.07 Å². The first-order valence-electron chi connectivity index (χ1n) is 5.12. The van der Waals surface area contributed by atoms with Gasteiger partial charge in [-0.1, -0.05) is 0 Å². The molecule has 2 aromatic rings. The Balaban J connectivity index is 2.34. The van der Waals surface area contributed by atoms with Gasteiger partial charge in [0.2, 0.25) is 0 Å². The summed E-state index contributed by atoms with van der Waals surface area (Å²) in [5.74, 6) is -1.87. The lowest BCUT2D eigenvalue weighted by atomic mass is 10.1. The summed E-state index contributed by atoms with van der Waals surface area (Å²) in [6.45, 7) is 0. The molecule has 2 aromatic carbocycles. The highest BCUT2D eigenvalue weighted by atomic mass is 19.2. The Bertz CT molecular complexity index is 633. The average Bonchev–Trinajstić information content (AvgIpc) is 2.36. The van der Waals surface area contributed by atoms with Crippen LogP contribution in [0.4, 0.5) is 25.8 Å². The molecular weight excluding hydrogens is 236 g/mol. The molecule has 5 heteroatoms. The van der Waals surface area contributed by atoms with Crippen molar-refractivity contribution in [1.29, 1.82) is 5.26 Å². The summed E-state index contributed by atoms with van der Waals surface area (Å²) in [6.07, 6.45) is 0. The number of benzene rings is 2. The molecular formula is C13H9F2N3. The molecule has 0 unspecified atom stereocenters. The largest absolute Gasteiger partial charge is 0.399 e. The van der Waals surface area contributed by atoms with Crippen LogP contribution in [0.1, 0.15) is 5.56 Å². The zero-order chi connectivity index (χ0) is 13.1. The predicted molar refractivity (Wildman–Crippen MR) is 65.2 cm³/mol. The molecule has 0 saturated heterocycles. The number of nitrogens with zero attached hydrogens (tertiary/aromatic N) is 1. The summed E-state index contributed by atoms with van der Waals surface area (Å²) in [5.41, 5.74) is 7.19. The molecule has 0 radical (unpaired) electrons. The molecule has 0 saturated carbocycles. The van der Waals surface area contributed by atoms with E-state index in [9.17, 15) is 8.78 Å². The predicted octanol–water partition coefficient (Wildman–Crippen LogP) is 3.16. The Hall–Kier alpha value is -2.61. The highest BCUT2D eigenvalue weighted by Gasteiger charge is 2.06. The van der Waals surface area contributed by atoms with Crippen molar-refractivity contribution < 1.29 is 8.78 Å². The Kier molecular flexibility index (Phi) is 3.11. The van der Waals surface area contributed by atoms with Crippen molar-refractivity contribution in [3.63, 3.8) is 0 Å². The van der Waals surface area contributed by atoms with Gasteiger partial charge in [0.05, 0.1) is 11.3 Å². The molecule has 0 aliphatic heterocycles. The lowest BCUT2D eigenvalue weighted by Gasteiger charge is -2.09. The van der Waals surface area contributed by atoms with Crippen LogP contribution >= 0.6 is 0 Å².